The maximum absolute atomic E-state index is 12.7. The van der Waals surface area contributed by atoms with E-state index in [1.165, 1.54) is 16.6 Å². The summed E-state index contributed by atoms with van der Waals surface area (Å²) in [6, 6.07) is 2.10. The number of thiophene rings is 2. The summed E-state index contributed by atoms with van der Waals surface area (Å²) in [7, 11) is 1.85. The fourth-order valence-corrected chi connectivity index (χ4v) is 5.79. The van der Waals surface area contributed by atoms with Crippen LogP contribution in [0.1, 0.15) is 64.1 Å². The van der Waals surface area contributed by atoms with Crippen molar-refractivity contribution in [2.24, 2.45) is 12.8 Å². The van der Waals surface area contributed by atoms with Gasteiger partial charge in [-0.1, -0.05) is 25.6 Å². The molecule has 0 aliphatic heterocycles. The first-order valence-corrected chi connectivity index (χ1v) is 13.2. The molecule has 2 amide bonds. The molecule has 3 aromatic heterocycles. The highest BCUT2D eigenvalue weighted by Crippen LogP contribution is 2.34. The first-order chi connectivity index (χ1) is 16.0. The van der Waals surface area contributed by atoms with Crippen LogP contribution in [0, 0.1) is 6.92 Å². The van der Waals surface area contributed by atoms with Crippen LogP contribution >= 0.6 is 34.4 Å². The number of primary amides is 1. The van der Waals surface area contributed by atoms with Crippen LogP contribution in [0.4, 0.5) is 5.00 Å². The standard InChI is InChI=1S/C22H27N5O4S3/c1-10(2)14-7-13(8-32-14)19-25-26-22(27(19)6)33-9-15(28)24-20-16(21(30)31-11(3)4)12(5)17(34-20)18(23)29/h7-8,10-11H,9H2,1-6H3,(H2,23,29)(H,24,28). The van der Waals surface area contributed by atoms with Crippen LogP contribution in [-0.2, 0) is 16.6 Å². The van der Waals surface area contributed by atoms with Gasteiger partial charge in [0.25, 0.3) is 5.91 Å². The molecule has 0 saturated heterocycles. The third-order valence-corrected chi connectivity index (χ3v) is 8.26. The minimum atomic E-state index is -0.670. The molecule has 3 aromatic rings. The molecule has 34 heavy (non-hydrogen) atoms. The van der Waals surface area contributed by atoms with E-state index in [9.17, 15) is 14.4 Å². The molecule has 0 radical (unpaired) electrons. The monoisotopic (exact) mass is 521 g/mol. The Morgan fingerprint density at radius 1 is 1.24 bits per heavy atom. The first kappa shape index (κ1) is 25.9. The average molecular weight is 522 g/mol. The van der Waals surface area contributed by atoms with Gasteiger partial charge in [-0.15, -0.1) is 32.9 Å². The van der Waals surface area contributed by atoms with Gasteiger partial charge in [-0.05, 0) is 38.3 Å². The molecule has 3 rings (SSSR count). The smallest absolute Gasteiger partial charge is 0.341 e. The lowest BCUT2D eigenvalue weighted by Gasteiger charge is -2.10. The molecular weight excluding hydrogens is 494 g/mol. The van der Waals surface area contributed by atoms with Crippen LogP contribution in [0.15, 0.2) is 16.6 Å². The van der Waals surface area contributed by atoms with E-state index in [1.807, 2.05) is 17.0 Å². The van der Waals surface area contributed by atoms with Gasteiger partial charge in [-0.2, -0.15) is 0 Å². The topological polar surface area (TPSA) is 129 Å². The summed E-state index contributed by atoms with van der Waals surface area (Å²) in [5.41, 5.74) is 6.95. The molecule has 0 aliphatic carbocycles. The minimum Gasteiger partial charge on any atom is -0.459 e. The van der Waals surface area contributed by atoms with E-state index in [2.05, 4.69) is 35.4 Å². The number of nitrogens with one attached hydrogen (secondary N) is 1. The second-order valence-electron chi connectivity index (χ2n) is 8.17. The molecule has 3 heterocycles. The van der Waals surface area contributed by atoms with E-state index in [-0.39, 0.29) is 33.2 Å². The predicted octanol–water partition coefficient (Wildman–Crippen LogP) is 4.43. The highest BCUT2D eigenvalue weighted by Gasteiger charge is 2.26. The molecule has 0 bridgehead atoms. The molecule has 0 unspecified atom stereocenters. The molecule has 182 valence electrons. The van der Waals surface area contributed by atoms with Crippen molar-refractivity contribution in [2.45, 2.75) is 51.8 Å². The normalized spacial score (nSPS) is 11.3. The Labute approximate surface area is 210 Å². The maximum Gasteiger partial charge on any atom is 0.341 e. The number of rotatable bonds is 9. The molecule has 0 fully saturated rings. The summed E-state index contributed by atoms with van der Waals surface area (Å²) < 4.78 is 7.12. The average Bonchev–Trinajstić information content (AvgIpc) is 3.43. The third kappa shape index (κ3) is 5.68. The zero-order valence-corrected chi connectivity index (χ0v) is 22.2. The van der Waals surface area contributed by atoms with Gasteiger partial charge in [0.05, 0.1) is 22.3 Å². The predicted molar refractivity (Wildman–Crippen MR) is 136 cm³/mol. The zero-order chi connectivity index (χ0) is 25.2. The third-order valence-electron chi connectivity index (χ3n) is 4.78. The summed E-state index contributed by atoms with van der Waals surface area (Å²) in [5, 5.41) is 14.1. The van der Waals surface area contributed by atoms with E-state index in [0.717, 1.165) is 22.7 Å². The molecule has 3 N–H and O–H groups in total. The Morgan fingerprint density at radius 3 is 2.53 bits per heavy atom. The van der Waals surface area contributed by atoms with Crippen molar-refractivity contribution in [3.63, 3.8) is 0 Å². The highest BCUT2D eigenvalue weighted by atomic mass is 32.2. The van der Waals surface area contributed by atoms with Crippen LogP contribution in [0.25, 0.3) is 11.4 Å². The summed E-state index contributed by atoms with van der Waals surface area (Å²) in [6.07, 6.45) is -0.354. The number of carbonyl (C=O) groups is 3. The number of esters is 1. The van der Waals surface area contributed by atoms with E-state index in [1.54, 1.807) is 32.1 Å². The van der Waals surface area contributed by atoms with Gasteiger partial charge >= 0.3 is 5.97 Å². The van der Waals surface area contributed by atoms with Crippen molar-refractivity contribution in [3.8, 4) is 11.4 Å². The number of carbonyl (C=O) groups excluding carboxylic acids is 3. The molecular formula is C22H27N5O4S3. The van der Waals surface area contributed by atoms with Crippen LogP contribution < -0.4 is 11.1 Å². The summed E-state index contributed by atoms with van der Waals surface area (Å²) >= 11 is 3.86. The molecule has 0 aliphatic rings. The van der Waals surface area contributed by atoms with E-state index >= 15 is 0 Å². The molecule has 12 heteroatoms. The van der Waals surface area contributed by atoms with Crippen molar-refractivity contribution < 1.29 is 19.1 Å². The van der Waals surface area contributed by atoms with Gasteiger partial charge in [-0.3, -0.25) is 9.59 Å². The number of thioether (sulfide) groups is 1. The number of nitrogens with zero attached hydrogens (tertiary/aromatic N) is 3. The lowest BCUT2D eigenvalue weighted by Crippen LogP contribution is -2.18. The van der Waals surface area contributed by atoms with Crippen molar-refractivity contribution in [1.29, 1.82) is 0 Å². The summed E-state index contributed by atoms with van der Waals surface area (Å²) in [6.45, 7) is 9.33. The highest BCUT2D eigenvalue weighted by molar-refractivity contribution is 7.99. The van der Waals surface area contributed by atoms with Crippen molar-refractivity contribution in [3.05, 3.63) is 32.3 Å². The number of anilines is 1. The van der Waals surface area contributed by atoms with E-state index < -0.39 is 11.9 Å². The largest absolute Gasteiger partial charge is 0.459 e. The van der Waals surface area contributed by atoms with Gasteiger partial charge < -0.3 is 20.4 Å². The van der Waals surface area contributed by atoms with Crippen LogP contribution in [0.3, 0.4) is 0 Å². The lowest BCUT2D eigenvalue weighted by molar-refractivity contribution is -0.113. The number of aromatic nitrogens is 3. The Kier molecular flexibility index (Phi) is 8.16. The Bertz CT molecular complexity index is 1230. The fourth-order valence-electron chi connectivity index (χ4n) is 3.11. The van der Waals surface area contributed by atoms with E-state index in [0.29, 0.717) is 16.6 Å². The van der Waals surface area contributed by atoms with Crippen molar-refractivity contribution in [2.75, 3.05) is 11.1 Å². The van der Waals surface area contributed by atoms with E-state index in [4.69, 9.17) is 10.5 Å². The molecule has 0 saturated carbocycles. The van der Waals surface area contributed by atoms with Gasteiger partial charge in [0, 0.05) is 22.9 Å². The second-order valence-corrected chi connectivity index (χ2v) is 11.1. The first-order valence-electron chi connectivity index (χ1n) is 10.5. The quantitative estimate of drug-likeness (QED) is 0.315. The van der Waals surface area contributed by atoms with Crippen LogP contribution in [0.5, 0.6) is 0 Å². The number of amides is 2. The Morgan fingerprint density at radius 2 is 1.94 bits per heavy atom. The molecule has 0 aromatic carbocycles. The second kappa shape index (κ2) is 10.7. The SMILES string of the molecule is Cc1c(C(N)=O)sc(NC(=O)CSc2nnc(-c3csc(C(C)C)c3)n2C)c1C(=O)OC(C)C. The Balaban J connectivity index is 1.73. The van der Waals surface area contributed by atoms with Crippen LogP contribution in [-0.4, -0.2) is 44.4 Å². The van der Waals surface area contributed by atoms with Crippen LogP contribution in [0.2, 0.25) is 0 Å². The maximum atomic E-state index is 12.7. The molecule has 0 atom stereocenters. The van der Waals surface area contributed by atoms with Gasteiger partial charge in [0.1, 0.15) is 5.00 Å². The van der Waals surface area contributed by atoms with Gasteiger partial charge in [0.2, 0.25) is 5.91 Å². The summed E-state index contributed by atoms with van der Waals surface area (Å²) in [5.74, 6) is -0.449. The number of hydrogen-bond acceptors (Lipinski definition) is 9. The Hall–Kier alpha value is -2.70. The summed E-state index contributed by atoms with van der Waals surface area (Å²) in [4.78, 5) is 38.5. The number of ether oxygens (including phenoxy) is 1. The van der Waals surface area contributed by atoms with Gasteiger partial charge in [-0.25, -0.2) is 4.79 Å². The lowest BCUT2D eigenvalue weighted by atomic mass is 10.1. The number of hydrogen-bond donors (Lipinski definition) is 2. The minimum absolute atomic E-state index is 0.0361. The van der Waals surface area contributed by atoms with Crippen molar-refractivity contribution >= 4 is 57.2 Å². The van der Waals surface area contributed by atoms with Crippen molar-refractivity contribution in [1.82, 2.24) is 14.8 Å². The zero-order valence-electron chi connectivity index (χ0n) is 19.8. The number of nitrogens with two attached hydrogens (primary N) is 1. The molecule has 9 nitrogen and oxygen atoms in total. The molecule has 0 spiro atoms. The van der Waals surface area contributed by atoms with Gasteiger partial charge in [0.15, 0.2) is 11.0 Å². The fraction of sp³-hybridized carbons (Fsp3) is 0.409.